The molecule has 1 aromatic heterocycles. The SMILES string of the molecule is O=C(CSc1nc2ccc(Cl)cc2[nH]1)Nc1cccc(S(=O)(=O)N2CCOCC2)c1. The first-order valence-corrected chi connectivity index (χ1v) is 12.0. The van der Waals surface area contributed by atoms with Crippen molar-refractivity contribution < 1.29 is 17.9 Å². The van der Waals surface area contributed by atoms with E-state index in [2.05, 4.69) is 15.3 Å². The van der Waals surface area contributed by atoms with Gasteiger partial charge in [0.2, 0.25) is 15.9 Å². The number of imidazole rings is 1. The summed E-state index contributed by atoms with van der Waals surface area (Å²) in [5.74, 6) is -0.145. The Labute approximate surface area is 183 Å². The third-order valence-corrected chi connectivity index (χ3v) is 7.49. The summed E-state index contributed by atoms with van der Waals surface area (Å²) in [6.45, 7) is 1.39. The summed E-state index contributed by atoms with van der Waals surface area (Å²) in [6.07, 6.45) is 0. The highest BCUT2D eigenvalue weighted by molar-refractivity contribution is 7.99. The second kappa shape index (κ2) is 8.94. The van der Waals surface area contributed by atoms with E-state index in [1.807, 2.05) is 0 Å². The van der Waals surface area contributed by atoms with E-state index in [0.29, 0.717) is 42.2 Å². The van der Waals surface area contributed by atoms with Gasteiger partial charge in [-0.25, -0.2) is 13.4 Å². The van der Waals surface area contributed by atoms with Gasteiger partial charge in [-0.05, 0) is 36.4 Å². The summed E-state index contributed by atoms with van der Waals surface area (Å²) < 4.78 is 32.2. The van der Waals surface area contributed by atoms with E-state index in [1.54, 1.807) is 30.3 Å². The number of ether oxygens (including phenoxy) is 1. The predicted molar refractivity (Wildman–Crippen MR) is 116 cm³/mol. The Bertz CT molecular complexity index is 1180. The first kappa shape index (κ1) is 21.1. The van der Waals surface area contributed by atoms with Gasteiger partial charge in [0.15, 0.2) is 5.16 Å². The number of H-pyrrole nitrogens is 1. The van der Waals surface area contributed by atoms with Crippen molar-refractivity contribution >= 4 is 56.0 Å². The topological polar surface area (TPSA) is 104 Å². The highest BCUT2D eigenvalue weighted by atomic mass is 35.5. The van der Waals surface area contributed by atoms with Crippen LogP contribution in [0.25, 0.3) is 11.0 Å². The number of aromatic nitrogens is 2. The number of hydrogen-bond acceptors (Lipinski definition) is 6. The molecule has 0 bridgehead atoms. The fourth-order valence-electron chi connectivity index (χ4n) is 3.03. The molecule has 0 radical (unpaired) electrons. The number of nitrogens with zero attached hydrogens (tertiary/aromatic N) is 2. The van der Waals surface area contributed by atoms with E-state index < -0.39 is 10.0 Å². The summed E-state index contributed by atoms with van der Waals surface area (Å²) in [6, 6.07) is 11.6. The summed E-state index contributed by atoms with van der Waals surface area (Å²) in [5, 5.41) is 3.95. The zero-order chi connectivity index (χ0) is 21.1. The summed E-state index contributed by atoms with van der Waals surface area (Å²) in [7, 11) is -3.62. The molecule has 11 heteroatoms. The van der Waals surface area contributed by atoms with E-state index in [-0.39, 0.29) is 16.6 Å². The van der Waals surface area contributed by atoms with Crippen molar-refractivity contribution in [3.63, 3.8) is 0 Å². The van der Waals surface area contributed by atoms with Gasteiger partial charge >= 0.3 is 0 Å². The van der Waals surface area contributed by atoms with Gasteiger partial charge in [0.25, 0.3) is 0 Å². The molecule has 1 fully saturated rings. The van der Waals surface area contributed by atoms with Crippen LogP contribution in [-0.4, -0.2) is 60.7 Å². The van der Waals surface area contributed by atoms with E-state index in [1.165, 1.54) is 28.2 Å². The number of carbonyl (C=O) groups is 1. The number of nitrogens with one attached hydrogen (secondary N) is 2. The molecule has 0 spiro atoms. The number of morpholine rings is 1. The molecule has 2 aromatic carbocycles. The maximum atomic E-state index is 12.8. The average Bonchev–Trinajstić information content (AvgIpc) is 3.15. The molecular formula is C19H19ClN4O4S2. The Morgan fingerprint density at radius 2 is 2.03 bits per heavy atom. The highest BCUT2D eigenvalue weighted by Gasteiger charge is 2.26. The number of benzene rings is 2. The standard InChI is InChI=1S/C19H19ClN4O4S2/c20-13-4-5-16-17(10-13)23-19(22-16)29-12-18(25)21-14-2-1-3-15(11-14)30(26,27)24-6-8-28-9-7-24/h1-5,10-11H,6-9,12H2,(H,21,25)(H,22,23). The molecule has 1 amide bonds. The minimum atomic E-state index is -3.62. The second-order valence-corrected chi connectivity index (χ2v) is 9.92. The number of fused-ring (bicyclic) bond motifs is 1. The van der Waals surface area contributed by atoms with E-state index in [4.69, 9.17) is 16.3 Å². The van der Waals surface area contributed by atoms with E-state index in [9.17, 15) is 13.2 Å². The summed E-state index contributed by atoms with van der Waals surface area (Å²) >= 11 is 7.22. The Morgan fingerprint density at radius 1 is 1.23 bits per heavy atom. The molecular weight excluding hydrogens is 448 g/mol. The van der Waals surface area contributed by atoms with Crippen LogP contribution in [0.15, 0.2) is 52.5 Å². The highest BCUT2D eigenvalue weighted by Crippen LogP contribution is 2.23. The lowest BCUT2D eigenvalue weighted by Crippen LogP contribution is -2.40. The van der Waals surface area contributed by atoms with Crippen LogP contribution in [-0.2, 0) is 19.6 Å². The first-order chi connectivity index (χ1) is 14.4. The number of aromatic amines is 1. The lowest BCUT2D eigenvalue weighted by atomic mass is 10.3. The smallest absolute Gasteiger partial charge is 0.243 e. The van der Waals surface area contributed by atoms with Gasteiger partial charge in [0.1, 0.15) is 0 Å². The lowest BCUT2D eigenvalue weighted by Gasteiger charge is -2.26. The zero-order valence-corrected chi connectivity index (χ0v) is 18.2. The number of anilines is 1. The molecule has 30 heavy (non-hydrogen) atoms. The molecule has 0 aliphatic carbocycles. The van der Waals surface area contributed by atoms with Crippen LogP contribution in [0.4, 0.5) is 5.69 Å². The molecule has 1 aliphatic heterocycles. The van der Waals surface area contributed by atoms with E-state index >= 15 is 0 Å². The molecule has 3 aromatic rings. The van der Waals surface area contributed by atoms with Gasteiger partial charge in [0, 0.05) is 23.8 Å². The van der Waals surface area contributed by atoms with Crippen molar-refractivity contribution in [3.8, 4) is 0 Å². The second-order valence-electron chi connectivity index (χ2n) is 6.58. The van der Waals surface area contributed by atoms with Gasteiger partial charge in [-0.2, -0.15) is 4.31 Å². The van der Waals surface area contributed by atoms with Gasteiger partial charge in [-0.3, -0.25) is 4.79 Å². The fourth-order valence-corrected chi connectivity index (χ4v) is 5.34. The molecule has 158 valence electrons. The van der Waals surface area contributed by atoms with Gasteiger partial charge in [-0.15, -0.1) is 0 Å². The number of rotatable bonds is 6. The van der Waals surface area contributed by atoms with Crippen LogP contribution in [0, 0.1) is 0 Å². The predicted octanol–water partition coefficient (Wildman–Crippen LogP) is 2.97. The monoisotopic (exact) mass is 466 g/mol. The van der Waals surface area contributed by atoms with Crippen molar-refractivity contribution in [3.05, 3.63) is 47.5 Å². The van der Waals surface area contributed by atoms with Crippen LogP contribution < -0.4 is 5.32 Å². The van der Waals surface area contributed by atoms with Crippen LogP contribution in [0.3, 0.4) is 0 Å². The van der Waals surface area contributed by atoms with Gasteiger partial charge < -0.3 is 15.0 Å². The Kier molecular flexibility index (Phi) is 6.30. The molecule has 0 unspecified atom stereocenters. The molecule has 1 aliphatic rings. The molecule has 8 nitrogen and oxygen atoms in total. The lowest BCUT2D eigenvalue weighted by molar-refractivity contribution is -0.113. The third kappa shape index (κ3) is 4.79. The average molecular weight is 467 g/mol. The molecule has 0 atom stereocenters. The summed E-state index contributed by atoms with van der Waals surface area (Å²) in [5.41, 5.74) is 1.99. The Hall–Kier alpha value is -2.11. The van der Waals surface area contributed by atoms with Crippen LogP contribution in [0.5, 0.6) is 0 Å². The third-order valence-electron chi connectivity index (χ3n) is 4.49. The van der Waals surface area contributed by atoms with Gasteiger partial charge in [0.05, 0.1) is 34.9 Å². The molecule has 2 N–H and O–H groups in total. The maximum Gasteiger partial charge on any atom is 0.243 e. The van der Waals surface area contributed by atoms with Crippen molar-refractivity contribution in [1.29, 1.82) is 0 Å². The van der Waals surface area contributed by atoms with Gasteiger partial charge in [-0.1, -0.05) is 29.4 Å². The van der Waals surface area contributed by atoms with Crippen LogP contribution >= 0.6 is 23.4 Å². The first-order valence-electron chi connectivity index (χ1n) is 9.18. The van der Waals surface area contributed by atoms with Crippen LogP contribution in [0.1, 0.15) is 0 Å². The quantitative estimate of drug-likeness (QED) is 0.541. The minimum absolute atomic E-state index is 0.119. The number of carbonyl (C=O) groups excluding carboxylic acids is 1. The Morgan fingerprint density at radius 3 is 2.83 bits per heavy atom. The number of sulfonamides is 1. The molecule has 4 rings (SSSR count). The molecule has 2 heterocycles. The van der Waals surface area contributed by atoms with Crippen molar-refractivity contribution in [2.24, 2.45) is 0 Å². The van der Waals surface area contributed by atoms with Crippen molar-refractivity contribution in [1.82, 2.24) is 14.3 Å². The van der Waals surface area contributed by atoms with Crippen molar-refractivity contribution in [2.75, 3.05) is 37.4 Å². The molecule has 0 saturated carbocycles. The number of amides is 1. The number of halogens is 1. The van der Waals surface area contributed by atoms with Crippen LogP contribution in [0.2, 0.25) is 5.02 Å². The molecule has 1 saturated heterocycles. The van der Waals surface area contributed by atoms with E-state index in [0.717, 1.165) is 11.0 Å². The largest absolute Gasteiger partial charge is 0.379 e. The number of thioether (sulfide) groups is 1. The Balaban J connectivity index is 1.40. The van der Waals surface area contributed by atoms with Crippen molar-refractivity contribution in [2.45, 2.75) is 10.1 Å². The normalized spacial score (nSPS) is 15.4. The fraction of sp³-hybridized carbons (Fsp3) is 0.263. The zero-order valence-electron chi connectivity index (χ0n) is 15.8. The number of hydrogen-bond donors (Lipinski definition) is 2. The maximum absolute atomic E-state index is 12.8. The summed E-state index contributed by atoms with van der Waals surface area (Å²) in [4.78, 5) is 20.0. The minimum Gasteiger partial charge on any atom is -0.379 e.